The lowest BCUT2D eigenvalue weighted by Crippen LogP contribution is -2.36. The Balaban J connectivity index is 0.00000341. The van der Waals surface area contributed by atoms with Crippen LogP contribution in [0.1, 0.15) is 30.9 Å². The predicted octanol–water partition coefficient (Wildman–Crippen LogP) is 4.20. The van der Waals surface area contributed by atoms with Gasteiger partial charge in [-0.25, -0.2) is 4.79 Å². The van der Waals surface area contributed by atoms with Crippen LogP contribution in [0.15, 0.2) is 53.5 Å². The molecule has 0 aliphatic carbocycles. The molecule has 0 spiro atoms. The topological polar surface area (TPSA) is 78.0 Å². The minimum atomic E-state index is -0.0250. The van der Waals surface area contributed by atoms with E-state index in [2.05, 4.69) is 20.9 Å². The third-order valence-electron chi connectivity index (χ3n) is 4.97. The van der Waals surface area contributed by atoms with E-state index in [9.17, 15) is 4.79 Å². The number of ether oxygens (including phenoxy) is 1. The van der Waals surface area contributed by atoms with Gasteiger partial charge in [0.1, 0.15) is 5.75 Å². The molecule has 2 aromatic rings. The molecular formula is C23H32IN5O2. The number of para-hydroxylation sites is 1. The van der Waals surface area contributed by atoms with Crippen LogP contribution in [-0.4, -0.2) is 43.6 Å². The summed E-state index contributed by atoms with van der Waals surface area (Å²) in [6, 6.07) is 15.8. The van der Waals surface area contributed by atoms with Gasteiger partial charge in [-0.05, 0) is 43.5 Å². The molecule has 168 valence electrons. The van der Waals surface area contributed by atoms with Crippen molar-refractivity contribution in [2.24, 2.45) is 4.99 Å². The SMILES string of the molecule is CCOc1ccccc1CNC(=NC)NCc1cccc(NC(=O)N2CCCC2)c1.I. The summed E-state index contributed by atoms with van der Waals surface area (Å²) in [5, 5.41) is 9.63. The smallest absolute Gasteiger partial charge is 0.321 e. The molecule has 1 saturated heterocycles. The molecule has 1 fully saturated rings. The molecular weight excluding hydrogens is 505 g/mol. The summed E-state index contributed by atoms with van der Waals surface area (Å²) in [4.78, 5) is 18.4. The first-order chi connectivity index (χ1) is 14.7. The molecule has 1 aliphatic rings. The lowest BCUT2D eigenvalue weighted by molar-refractivity contribution is 0.222. The van der Waals surface area contributed by atoms with E-state index in [4.69, 9.17) is 4.74 Å². The molecule has 3 N–H and O–H groups in total. The quantitative estimate of drug-likeness (QED) is 0.281. The zero-order chi connectivity index (χ0) is 21.2. The van der Waals surface area contributed by atoms with Gasteiger partial charge < -0.3 is 25.6 Å². The number of carbonyl (C=O) groups is 1. The van der Waals surface area contributed by atoms with Crippen molar-refractivity contribution in [3.63, 3.8) is 0 Å². The van der Waals surface area contributed by atoms with Crippen molar-refractivity contribution in [3.05, 3.63) is 59.7 Å². The zero-order valence-corrected chi connectivity index (χ0v) is 20.5. The van der Waals surface area contributed by atoms with Crippen LogP contribution in [0.5, 0.6) is 5.75 Å². The maximum Gasteiger partial charge on any atom is 0.321 e. The number of guanidine groups is 1. The fourth-order valence-electron chi connectivity index (χ4n) is 3.41. The third kappa shape index (κ3) is 7.61. The number of hydrogen-bond acceptors (Lipinski definition) is 3. The van der Waals surface area contributed by atoms with Gasteiger partial charge in [-0.2, -0.15) is 0 Å². The van der Waals surface area contributed by atoms with Crippen LogP contribution in [-0.2, 0) is 13.1 Å². The fraction of sp³-hybridized carbons (Fsp3) is 0.391. The summed E-state index contributed by atoms with van der Waals surface area (Å²) in [6.45, 7) is 5.49. The van der Waals surface area contributed by atoms with Crippen LogP contribution in [0.2, 0.25) is 0 Å². The minimum absolute atomic E-state index is 0. The second-order valence-corrected chi connectivity index (χ2v) is 7.14. The maximum absolute atomic E-state index is 12.3. The number of aliphatic imine (C=N–C) groups is 1. The van der Waals surface area contributed by atoms with Crippen molar-refractivity contribution in [2.45, 2.75) is 32.9 Å². The van der Waals surface area contributed by atoms with Gasteiger partial charge in [-0.15, -0.1) is 24.0 Å². The average Bonchev–Trinajstić information content (AvgIpc) is 3.30. The number of halogens is 1. The standard InChI is InChI=1S/C23H31N5O2.HI/c1-3-30-21-12-5-4-10-19(21)17-26-22(24-2)25-16-18-9-8-11-20(15-18)27-23(29)28-13-6-7-14-28;/h4-5,8-12,15H,3,6-7,13-14,16-17H2,1-2H3,(H,27,29)(H2,24,25,26);1H. The fourth-order valence-corrected chi connectivity index (χ4v) is 3.41. The average molecular weight is 537 g/mol. The Morgan fingerprint density at radius 2 is 1.81 bits per heavy atom. The first-order valence-corrected chi connectivity index (χ1v) is 10.5. The number of anilines is 1. The Labute approximate surface area is 201 Å². The molecule has 0 aromatic heterocycles. The first kappa shape index (κ1) is 24.8. The molecule has 0 saturated carbocycles. The molecule has 3 rings (SSSR count). The number of benzene rings is 2. The Hall–Kier alpha value is -2.49. The van der Waals surface area contributed by atoms with Crippen molar-refractivity contribution in [1.82, 2.24) is 15.5 Å². The van der Waals surface area contributed by atoms with Gasteiger partial charge in [0, 0.05) is 44.5 Å². The minimum Gasteiger partial charge on any atom is -0.494 e. The number of likely N-dealkylation sites (tertiary alicyclic amines) is 1. The number of nitrogens with zero attached hydrogens (tertiary/aromatic N) is 2. The highest BCUT2D eigenvalue weighted by molar-refractivity contribution is 14.0. The van der Waals surface area contributed by atoms with Crippen LogP contribution in [0.25, 0.3) is 0 Å². The first-order valence-electron chi connectivity index (χ1n) is 10.5. The number of rotatable bonds is 7. The molecule has 0 radical (unpaired) electrons. The molecule has 31 heavy (non-hydrogen) atoms. The van der Waals surface area contributed by atoms with Gasteiger partial charge in [0.25, 0.3) is 0 Å². The van der Waals surface area contributed by atoms with E-state index in [-0.39, 0.29) is 30.0 Å². The summed E-state index contributed by atoms with van der Waals surface area (Å²) in [6.07, 6.45) is 2.16. The summed E-state index contributed by atoms with van der Waals surface area (Å²) in [5.74, 6) is 1.58. The summed E-state index contributed by atoms with van der Waals surface area (Å²) >= 11 is 0. The van der Waals surface area contributed by atoms with Gasteiger partial charge in [0.15, 0.2) is 5.96 Å². The van der Waals surface area contributed by atoms with Crippen molar-refractivity contribution in [1.29, 1.82) is 0 Å². The normalized spacial score (nSPS) is 13.4. The van der Waals surface area contributed by atoms with Crippen molar-refractivity contribution >= 4 is 41.7 Å². The van der Waals surface area contributed by atoms with Crippen LogP contribution in [0.4, 0.5) is 10.5 Å². The Morgan fingerprint density at radius 3 is 2.55 bits per heavy atom. The second kappa shape index (κ2) is 13.0. The van der Waals surface area contributed by atoms with Gasteiger partial charge in [0.2, 0.25) is 0 Å². The second-order valence-electron chi connectivity index (χ2n) is 7.14. The van der Waals surface area contributed by atoms with Crippen molar-refractivity contribution < 1.29 is 9.53 Å². The molecule has 0 bridgehead atoms. The van der Waals surface area contributed by atoms with E-state index in [1.54, 1.807) is 7.05 Å². The Kier molecular flexibility index (Phi) is 10.4. The van der Waals surface area contributed by atoms with Gasteiger partial charge in [-0.3, -0.25) is 4.99 Å². The van der Waals surface area contributed by atoms with E-state index in [1.807, 2.05) is 60.4 Å². The number of carbonyl (C=O) groups excluding carboxylic acids is 1. The molecule has 0 unspecified atom stereocenters. The van der Waals surface area contributed by atoms with Crippen LogP contribution in [0.3, 0.4) is 0 Å². The predicted molar refractivity (Wildman–Crippen MR) is 136 cm³/mol. The van der Waals surface area contributed by atoms with Gasteiger partial charge >= 0.3 is 6.03 Å². The number of urea groups is 1. The maximum atomic E-state index is 12.3. The van der Waals surface area contributed by atoms with Crippen LogP contribution >= 0.6 is 24.0 Å². The summed E-state index contributed by atoms with van der Waals surface area (Å²) < 4.78 is 5.68. The van der Waals surface area contributed by atoms with Crippen molar-refractivity contribution in [3.8, 4) is 5.75 Å². The monoisotopic (exact) mass is 537 g/mol. The van der Waals surface area contributed by atoms with Crippen LogP contribution in [0, 0.1) is 0 Å². The van der Waals surface area contributed by atoms with E-state index in [0.717, 1.165) is 48.5 Å². The molecule has 0 atom stereocenters. The Morgan fingerprint density at radius 1 is 1.06 bits per heavy atom. The number of nitrogens with one attached hydrogen (secondary N) is 3. The van der Waals surface area contributed by atoms with E-state index >= 15 is 0 Å². The molecule has 8 heteroatoms. The van der Waals surface area contributed by atoms with E-state index in [1.165, 1.54) is 0 Å². The lowest BCUT2D eigenvalue weighted by atomic mass is 10.2. The summed E-state index contributed by atoms with van der Waals surface area (Å²) in [7, 11) is 1.75. The van der Waals surface area contributed by atoms with Crippen LogP contribution < -0.4 is 20.7 Å². The van der Waals surface area contributed by atoms with Gasteiger partial charge in [-0.1, -0.05) is 30.3 Å². The lowest BCUT2D eigenvalue weighted by Gasteiger charge is -2.17. The highest BCUT2D eigenvalue weighted by atomic mass is 127. The Bertz CT molecular complexity index is 869. The van der Waals surface area contributed by atoms with Gasteiger partial charge in [0.05, 0.1) is 6.61 Å². The highest BCUT2D eigenvalue weighted by Crippen LogP contribution is 2.17. The van der Waals surface area contributed by atoms with Crippen molar-refractivity contribution in [2.75, 3.05) is 32.1 Å². The highest BCUT2D eigenvalue weighted by Gasteiger charge is 2.17. The van der Waals surface area contributed by atoms with E-state index < -0.39 is 0 Å². The molecule has 2 amide bonds. The summed E-state index contributed by atoms with van der Waals surface area (Å²) in [5.41, 5.74) is 2.94. The number of amides is 2. The van der Waals surface area contributed by atoms with E-state index in [0.29, 0.717) is 25.7 Å². The molecule has 1 heterocycles. The third-order valence-corrected chi connectivity index (χ3v) is 4.97. The number of hydrogen-bond donors (Lipinski definition) is 3. The largest absolute Gasteiger partial charge is 0.494 e. The molecule has 2 aromatic carbocycles. The molecule has 1 aliphatic heterocycles. The zero-order valence-electron chi connectivity index (χ0n) is 18.2. The molecule has 7 nitrogen and oxygen atoms in total.